The lowest BCUT2D eigenvalue weighted by molar-refractivity contribution is -0.126. The Morgan fingerprint density at radius 2 is 1.92 bits per heavy atom. The Balaban J connectivity index is 1.87. The second kappa shape index (κ2) is 6.12. The van der Waals surface area contributed by atoms with Crippen LogP contribution < -0.4 is 10.6 Å². The van der Waals surface area contributed by atoms with Gasteiger partial charge in [-0.3, -0.25) is 34.2 Å². The van der Waals surface area contributed by atoms with Crippen LogP contribution in [0.5, 0.6) is 0 Å². The molecule has 2 aliphatic rings. The first-order chi connectivity index (χ1) is 11.8. The van der Waals surface area contributed by atoms with Crippen LogP contribution in [0.2, 0.25) is 0 Å². The molecular weight excluding hydrogens is 326 g/mol. The Kier molecular flexibility index (Phi) is 4.12. The van der Waals surface area contributed by atoms with Gasteiger partial charge in [0.15, 0.2) is 0 Å². The zero-order chi connectivity index (χ0) is 18.3. The molecule has 2 unspecified atom stereocenters. The molecule has 0 aromatic heterocycles. The van der Waals surface area contributed by atoms with Crippen molar-refractivity contribution in [3.8, 4) is 0 Å². The maximum absolute atomic E-state index is 12.6. The Labute approximate surface area is 143 Å². The van der Waals surface area contributed by atoms with E-state index in [1.807, 2.05) is 6.92 Å². The normalized spacial score (nSPS) is 20.6. The highest BCUT2D eigenvalue weighted by Crippen LogP contribution is 2.29. The van der Waals surface area contributed by atoms with Crippen molar-refractivity contribution >= 4 is 35.2 Å². The second-order valence-corrected chi connectivity index (χ2v) is 6.17. The van der Waals surface area contributed by atoms with Crippen molar-refractivity contribution < 1.29 is 24.0 Å². The highest BCUT2D eigenvalue weighted by molar-refractivity contribution is 6.24. The highest BCUT2D eigenvalue weighted by Gasteiger charge is 2.46. The van der Waals surface area contributed by atoms with Crippen LogP contribution in [0.15, 0.2) is 18.2 Å². The summed E-state index contributed by atoms with van der Waals surface area (Å²) >= 11 is 0. The van der Waals surface area contributed by atoms with Crippen molar-refractivity contribution in [2.45, 2.75) is 32.7 Å². The van der Waals surface area contributed by atoms with Crippen LogP contribution >= 0.6 is 0 Å². The maximum Gasteiger partial charge on any atom is 0.262 e. The van der Waals surface area contributed by atoms with Gasteiger partial charge in [0, 0.05) is 11.6 Å². The molecule has 1 aromatic carbocycles. The van der Waals surface area contributed by atoms with Crippen LogP contribution in [-0.2, 0) is 14.4 Å². The number of imide groups is 2. The molecule has 1 aromatic rings. The third-order valence-electron chi connectivity index (χ3n) is 4.50. The van der Waals surface area contributed by atoms with Gasteiger partial charge in [-0.05, 0) is 24.6 Å². The van der Waals surface area contributed by atoms with Gasteiger partial charge in [0.25, 0.3) is 11.8 Å². The van der Waals surface area contributed by atoms with Crippen LogP contribution in [0.3, 0.4) is 0 Å². The van der Waals surface area contributed by atoms with E-state index in [4.69, 9.17) is 0 Å². The van der Waals surface area contributed by atoms with Gasteiger partial charge >= 0.3 is 0 Å². The first kappa shape index (κ1) is 16.8. The molecule has 130 valence electrons. The van der Waals surface area contributed by atoms with Crippen molar-refractivity contribution in [2.24, 2.45) is 5.92 Å². The fourth-order valence-electron chi connectivity index (χ4n) is 2.82. The first-order valence-corrected chi connectivity index (χ1v) is 8.00. The number of fused-ring (bicyclic) bond motifs is 1. The lowest BCUT2D eigenvalue weighted by atomic mass is 10.1. The van der Waals surface area contributed by atoms with E-state index >= 15 is 0 Å². The number of carbonyl (C=O) groups excluding carboxylic acids is 5. The number of carbonyl (C=O) groups is 5. The molecule has 0 radical (unpaired) electrons. The van der Waals surface area contributed by atoms with E-state index < -0.39 is 29.7 Å². The first-order valence-electron chi connectivity index (χ1n) is 8.00. The number of amides is 5. The third-order valence-corrected chi connectivity index (χ3v) is 4.50. The van der Waals surface area contributed by atoms with E-state index in [0.29, 0.717) is 12.1 Å². The SMILES string of the molecule is CCC(C)C(=O)Nc1ccc2c(c1)C(=O)N(C1CC(=O)NC1=O)C2=O. The molecule has 5 amide bonds. The van der Waals surface area contributed by atoms with Crippen LogP contribution in [0.25, 0.3) is 0 Å². The van der Waals surface area contributed by atoms with Crippen LogP contribution in [0.4, 0.5) is 5.69 Å². The van der Waals surface area contributed by atoms with Gasteiger partial charge in [-0.1, -0.05) is 13.8 Å². The molecule has 2 N–H and O–H groups in total. The fourth-order valence-corrected chi connectivity index (χ4v) is 2.82. The van der Waals surface area contributed by atoms with Gasteiger partial charge in [0.05, 0.1) is 17.5 Å². The molecule has 0 saturated carbocycles. The molecule has 0 aliphatic carbocycles. The summed E-state index contributed by atoms with van der Waals surface area (Å²) in [6, 6.07) is 3.27. The van der Waals surface area contributed by atoms with E-state index in [1.54, 1.807) is 6.92 Å². The molecule has 3 rings (SSSR count). The summed E-state index contributed by atoms with van der Waals surface area (Å²) in [6.45, 7) is 3.68. The van der Waals surface area contributed by atoms with Crippen molar-refractivity contribution in [3.05, 3.63) is 29.3 Å². The summed E-state index contributed by atoms with van der Waals surface area (Å²) in [5.41, 5.74) is 0.664. The summed E-state index contributed by atoms with van der Waals surface area (Å²) in [5.74, 6) is -2.81. The standard InChI is InChI=1S/C17H17N3O5/c1-3-8(2)14(22)18-9-4-5-10-11(6-9)17(25)20(16(10)24)12-7-13(21)19-15(12)23/h4-6,8,12H,3,7H2,1-2H3,(H,18,22)(H,19,21,23). The predicted octanol–water partition coefficient (Wildman–Crippen LogP) is 0.682. The predicted molar refractivity (Wildman–Crippen MR) is 86.6 cm³/mol. The van der Waals surface area contributed by atoms with Crippen LogP contribution in [0, 0.1) is 5.92 Å². The smallest absolute Gasteiger partial charge is 0.262 e. The van der Waals surface area contributed by atoms with Crippen molar-refractivity contribution in [3.63, 3.8) is 0 Å². The summed E-state index contributed by atoms with van der Waals surface area (Å²) in [6.07, 6.45) is 0.439. The molecule has 1 fully saturated rings. The molecule has 2 aliphatic heterocycles. The molecule has 1 saturated heterocycles. The van der Waals surface area contributed by atoms with Crippen molar-refractivity contribution in [1.29, 1.82) is 0 Å². The lowest BCUT2D eigenvalue weighted by Crippen LogP contribution is -2.44. The number of hydrogen-bond donors (Lipinski definition) is 2. The third kappa shape index (κ3) is 2.79. The molecule has 8 heteroatoms. The summed E-state index contributed by atoms with van der Waals surface area (Å²) < 4.78 is 0. The van der Waals surface area contributed by atoms with Gasteiger partial charge in [0.2, 0.25) is 17.7 Å². The minimum absolute atomic E-state index is 0.110. The average Bonchev–Trinajstić information content (AvgIpc) is 3.03. The van der Waals surface area contributed by atoms with Gasteiger partial charge in [-0.25, -0.2) is 0 Å². The van der Waals surface area contributed by atoms with Gasteiger partial charge in [0.1, 0.15) is 6.04 Å². The van der Waals surface area contributed by atoms with E-state index in [-0.39, 0.29) is 29.4 Å². The van der Waals surface area contributed by atoms with Gasteiger partial charge in [-0.15, -0.1) is 0 Å². The van der Waals surface area contributed by atoms with Crippen molar-refractivity contribution in [1.82, 2.24) is 10.2 Å². The average molecular weight is 343 g/mol. The monoisotopic (exact) mass is 343 g/mol. The Hall–Kier alpha value is -3.03. The number of nitrogens with zero attached hydrogens (tertiary/aromatic N) is 1. The second-order valence-electron chi connectivity index (χ2n) is 6.17. The summed E-state index contributed by atoms with van der Waals surface area (Å²) in [7, 11) is 0. The number of nitrogens with one attached hydrogen (secondary N) is 2. The Bertz CT molecular complexity index is 817. The van der Waals surface area contributed by atoms with Crippen LogP contribution in [-0.4, -0.2) is 40.5 Å². The fraction of sp³-hybridized carbons (Fsp3) is 0.353. The molecule has 2 heterocycles. The molecule has 0 bridgehead atoms. The highest BCUT2D eigenvalue weighted by atomic mass is 16.2. The number of rotatable bonds is 4. The van der Waals surface area contributed by atoms with E-state index in [1.165, 1.54) is 18.2 Å². The quantitative estimate of drug-likeness (QED) is 0.781. The largest absolute Gasteiger partial charge is 0.326 e. The minimum Gasteiger partial charge on any atom is -0.326 e. The Morgan fingerprint density at radius 3 is 2.52 bits per heavy atom. The minimum atomic E-state index is -1.13. The number of benzene rings is 1. The lowest BCUT2D eigenvalue weighted by Gasteiger charge is -2.18. The Morgan fingerprint density at radius 1 is 1.24 bits per heavy atom. The zero-order valence-corrected chi connectivity index (χ0v) is 13.8. The molecule has 0 spiro atoms. The number of anilines is 1. The van der Waals surface area contributed by atoms with Crippen LogP contribution in [0.1, 0.15) is 47.4 Å². The summed E-state index contributed by atoms with van der Waals surface area (Å²) in [5, 5.41) is 4.79. The zero-order valence-electron chi connectivity index (χ0n) is 13.8. The van der Waals surface area contributed by atoms with E-state index in [2.05, 4.69) is 10.6 Å². The molecule has 25 heavy (non-hydrogen) atoms. The van der Waals surface area contributed by atoms with Gasteiger partial charge < -0.3 is 5.32 Å². The van der Waals surface area contributed by atoms with E-state index in [0.717, 1.165) is 4.90 Å². The number of hydrogen-bond acceptors (Lipinski definition) is 5. The summed E-state index contributed by atoms with van der Waals surface area (Å²) in [4.78, 5) is 61.0. The van der Waals surface area contributed by atoms with Gasteiger partial charge in [-0.2, -0.15) is 0 Å². The molecular formula is C17H17N3O5. The topological polar surface area (TPSA) is 113 Å². The maximum atomic E-state index is 12.6. The van der Waals surface area contributed by atoms with E-state index in [9.17, 15) is 24.0 Å². The van der Waals surface area contributed by atoms with Crippen molar-refractivity contribution in [2.75, 3.05) is 5.32 Å². The molecule has 2 atom stereocenters. The molecule has 8 nitrogen and oxygen atoms in total.